The lowest BCUT2D eigenvalue weighted by Crippen LogP contribution is -2.30. The summed E-state index contributed by atoms with van der Waals surface area (Å²) in [5.41, 5.74) is 0. The van der Waals surface area contributed by atoms with Crippen LogP contribution >= 0.6 is 0 Å². The minimum Gasteiger partial charge on any atom is -0.462 e. The molecule has 0 N–H and O–H groups in total. The molecule has 77 heavy (non-hydrogen) atoms. The van der Waals surface area contributed by atoms with Crippen LogP contribution in [0.3, 0.4) is 0 Å². The first-order valence-electron chi connectivity index (χ1n) is 33.1. The van der Waals surface area contributed by atoms with Gasteiger partial charge < -0.3 is 14.2 Å². The zero-order valence-corrected chi connectivity index (χ0v) is 51.0. The number of allylic oxidation sites excluding steroid dienone is 14. The Morgan fingerprint density at radius 2 is 0.506 bits per heavy atom. The van der Waals surface area contributed by atoms with Gasteiger partial charge in [-0.3, -0.25) is 14.4 Å². The van der Waals surface area contributed by atoms with E-state index in [9.17, 15) is 14.4 Å². The molecule has 0 amide bonds. The predicted octanol–water partition coefficient (Wildman–Crippen LogP) is 22.7. The Morgan fingerprint density at radius 3 is 0.831 bits per heavy atom. The van der Waals surface area contributed by atoms with E-state index in [2.05, 4.69) is 106 Å². The van der Waals surface area contributed by atoms with Gasteiger partial charge in [-0.15, -0.1) is 0 Å². The standard InChI is InChI=1S/C71H124O6/c1-4-7-10-13-16-19-22-25-27-29-30-31-32-33-34-35-36-37-38-39-40-41-42-43-45-46-49-52-55-58-61-64-70(73)76-67-68(66-75-69(72)63-60-57-54-51-48-24-21-18-15-12-9-6-3)77-71(74)65-62-59-56-53-50-47-44-28-26-23-20-17-14-11-8-5-2/h7,10,16,18-21,23,25,27-28,30-31,44,68H,4-6,8-9,11-15,17,22,24,26,29,32-43,45-67H2,1-3H3/b10-7-,19-16-,21-18-,23-20-,27-25-,31-30-,44-28-. The fraction of sp³-hybridized carbons (Fsp3) is 0.761. The number of hydrogen-bond donors (Lipinski definition) is 0. The van der Waals surface area contributed by atoms with E-state index in [0.717, 1.165) is 116 Å². The van der Waals surface area contributed by atoms with Crippen molar-refractivity contribution >= 4 is 17.9 Å². The summed E-state index contributed by atoms with van der Waals surface area (Å²) < 4.78 is 16.9. The van der Waals surface area contributed by atoms with E-state index in [1.807, 2.05) is 0 Å². The number of unbranched alkanes of at least 4 members (excludes halogenated alkanes) is 35. The SMILES string of the molecule is CC/C=C\C/C=C\C/C=C\C/C=C\CCCCCCCCCCCCCCCCCCCCC(=O)OCC(COC(=O)CCCCCCC/C=C\CCCCC)OC(=O)CCCCCCC/C=C\C/C=C\CCCCCC. The molecule has 0 aliphatic rings. The van der Waals surface area contributed by atoms with Gasteiger partial charge in [0.1, 0.15) is 13.2 Å². The average Bonchev–Trinajstić information content (AvgIpc) is 3.43. The Hall–Kier alpha value is -3.41. The van der Waals surface area contributed by atoms with Gasteiger partial charge in [0, 0.05) is 19.3 Å². The second kappa shape index (κ2) is 65.1. The van der Waals surface area contributed by atoms with E-state index >= 15 is 0 Å². The molecule has 0 saturated heterocycles. The summed E-state index contributed by atoms with van der Waals surface area (Å²) in [4.78, 5) is 38.3. The van der Waals surface area contributed by atoms with Crippen molar-refractivity contribution in [3.8, 4) is 0 Å². The lowest BCUT2D eigenvalue weighted by Gasteiger charge is -2.18. The van der Waals surface area contributed by atoms with Crippen molar-refractivity contribution in [1.29, 1.82) is 0 Å². The highest BCUT2D eigenvalue weighted by Crippen LogP contribution is 2.17. The molecule has 0 spiro atoms. The molecule has 0 aromatic carbocycles. The Labute approximate surface area is 477 Å². The van der Waals surface area contributed by atoms with Crippen molar-refractivity contribution < 1.29 is 28.6 Å². The minimum absolute atomic E-state index is 0.0816. The van der Waals surface area contributed by atoms with Gasteiger partial charge in [-0.25, -0.2) is 0 Å². The Morgan fingerprint density at radius 1 is 0.273 bits per heavy atom. The van der Waals surface area contributed by atoms with Crippen LogP contribution in [0.2, 0.25) is 0 Å². The zero-order chi connectivity index (χ0) is 55.7. The maximum Gasteiger partial charge on any atom is 0.306 e. The van der Waals surface area contributed by atoms with Crippen molar-refractivity contribution in [3.63, 3.8) is 0 Å². The molecule has 1 atom stereocenters. The first kappa shape index (κ1) is 73.6. The molecule has 444 valence electrons. The molecule has 0 aromatic heterocycles. The molecular weight excluding hydrogens is 949 g/mol. The largest absolute Gasteiger partial charge is 0.462 e. The zero-order valence-electron chi connectivity index (χ0n) is 51.0. The van der Waals surface area contributed by atoms with Crippen molar-refractivity contribution in [2.24, 2.45) is 0 Å². The summed E-state index contributed by atoms with van der Waals surface area (Å²) in [6.07, 6.45) is 86.1. The van der Waals surface area contributed by atoms with E-state index in [-0.39, 0.29) is 31.1 Å². The van der Waals surface area contributed by atoms with Crippen molar-refractivity contribution in [1.82, 2.24) is 0 Å². The molecule has 0 aliphatic heterocycles. The second-order valence-electron chi connectivity index (χ2n) is 22.0. The smallest absolute Gasteiger partial charge is 0.306 e. The van der Waals surface area contributed by atoms with Crippen LogP contribution in [0.25, 0.3) is 0 Å². The van der Waals surface area contributed by atoms with Crippen LogP contribution in [0, 0.1) is 0 Å². The molecular formula is C71H124O6. The summed E-state index contributed by atoms with van der Waals surface area (Å²) in [6.45, 7) is 6.50. The molecule has 0 aromatic rings. The van der Waals surface area contributed by atoms with Crippen molar-refractivity contribution in [2.45, 2.75) is 335 Å². The van der Waals surface area contributed by atoms with Gasteiger partial charge in [-0.1, -0.05) is 279 Å². The third-order valence-corrected chi connectivity index (χ3v) is 14.4. The van der Waals surface area contributed by atoms with Gasteiger partial charge in [-0.2, -0.15) is 0 Å². The summed E-state index contributed by atoms with van der Waals surface area (Å²) in [6, 6.07) is 0. The second-order valence-corrected chi connectivity index (χ2v) is 22.0. The lowest BCUT2D eigenvalue weighted by molar-refractivity contribution is -0.167. The summed E-state index contributed by atoms with van der Waals surface area (Å²) in [5, 5.41) is 0. The monoisotopic (exact) mass is 1070 g/mol. The van der Waals surface area contributed by atoms with Crippen LogP contribution in [0.4, 0.5) is 0 Å². The van der Waals surface area contributed by atoms with Crippen LogP contribution < -0.4 is 0 Å². The number of carbonyl (C=O) groups is 3. The molecule has 0 fully saturated rings. The van der Waals surface area contributed by atoms with Gasteiger partial charge in [-0.05, 0) is 116 Å². The minimum atomic E-state index is -0.786. The van der Waals surface area contributed by atoms with Crippen LogP contribution in [-0.4, -0.2) is 37.2 Å². The summed E-state index contributed by atoms with van der Waals surface area (Å²) in [7, 11) is 0. The number of esters is 3. The highest BCUT2D eigenvalue weighted by atomic mass is 16.6. The highest BCUT2D eigenvalue weighted by Gasteiger charge is 2.19. The van der Waals surface area contributed by atoms with E-state index < -0.39 is 6.10 Å². The summed E-state index contributed by atoms with van der Waals surface area (Å²) >= 11 is 0. The Balaban J connectivity index is 4.17. The molecule has 0 bridgehead atoms. The van der Waals surface area contributed by atoms with Crippen molar-refractivity contribution in [3.05, 3.63) is 85.1 Å². The maximum absolute atomic E-state index is 12.9. The Kier molecular flexibility index (Phi) is 62.2. The number of hydrogen-bond acceptors (Lipinski definition) is 6. The molecule has 0 aliphatic carbocycles. The molecule has 1 unspecified atom stereocenters. The normalized spacial score (nSPS) is 12.6. The molecule has 6 nitrogen and oxygen atoms in total. The van der Waals surface area contributed by atoms with Gasteiger partial charge >= 0.3 is 17.9 Å². The van der Waals surface area contributed by atoms with Gasteiger partial charge in [0.05, 0.1) is 0 Å². The molecule has 0 heterocycles. The van der Waals surface area contributed by atoms with E-state index in [0.29, 0.717) is 19.3 Å². The number of rotatable bonds is 60. The lowest BCUT2D eigenvalue weighted by atomic mass is 10.0. The fourth-order valence-corrected chi connectivity index (χ4v) is 9.40. The van der Waals surface area contributed by atoms with Gasteiger partial charge in [0.2, 0.25) is 0 Å². The van der Waals surface area contributed by atoms with Crippen LogP contribution in [0.15, 0.2) is 85.1 Å². The highest BCUT2D eigenvalue weighted by molar-refractivity contribution is 5.71. The van der Waals surface area contributed by atoms with Crippen molar-refractivity contribution in [2.75, 3.05) is 13.2 Å². The Bertz CT molecular complexity index is 1470. The van der Waals surface area contributed by atoms with E-state index in [4.69, 9.17) is 14.2 Å². The topological polar surface area (TPSA) is 78.9 Å². The molecule has 0 radical (unpaired) electrons. The average molecular weight is 1070 g/mol. The van der Waals surface area contributed by atoms with Gasteiger partial charge in [0.15, 0.2) is 6.10 Å². The first-order chi connectivity index (χ1) is 38.0. The van der Waals surface area contributed by atoms with E-state index in [1.165, 1.54) is 173 Å². The first-order valence-corrected chi connectivity index (χ1v) is 33.1. The maximum atomic E-state index is 12.9. The number of carbonyl (C=O) groups excluding carboxylic acids is 3. The van der Waals surface area contributed by atoms with Crippen LogP contribution in [-0.2, 0) is 28.6 Å². The van der Waals surface area contributed by atoms with Crippen LogP contribution in [0.5, 0.6) is 0 Å². The van der Waals surface area contributed by atoms with Gasteiger partial charge in [0.25, 0.3) is 0 Å². The third-order valence-electron chi connectivity index (χ3n) is 14.4. The predicted molar refractivity (Wildman–Crippen MR) is 334 cm³/mol. The number of ether oxygens (including phenoxy) is 3. The molecule has 6 heteroatoms. The van der Waals surface area contributed by atoms with E-state index in [1.54, 1.807) is 0 Å². The fourth-order valence-electron chi connectivity index (χ4n) is 9.40. The molecule has 0 saturated carbocycles. The van der Waals surface area contributed by atoms with Crippen LogP contribution in [0.1, 0.15) is 329 Å². The summed E-state index contributed by atoms with van der Waals surface area (Å²) in [5.74, 6) is -0.891. The third kappa shape index (κ3) is 63.3. The molecule has 0 rings (SSSR count). The quantitative estimate of drug-likeness (QED) is 0.0261.